The van der Waals surface area contributed by atoms with Gasteiger partial charge in [-0.3, -0.25) is 4.79 Å². The van der Waals surface area contributed by atoms with Gasteiger partial charge in [0.2, 0.25) is 0 Å². The second-order valence-electron chi connectivity index (χ2n) is 4.81. The van der Waals surface area contributed by atoms with Crippen LogP contribution in [0.2, 0.25) is 0 Å². The summed E-state index contributed by atoms with van der Waals surface area (Å²) in [6.07, 6.45) is -0.126. The molecule has 0 bridgehead atoms. The Morgan fingerprint density at radius 1 is 1.28 bits per heavy atom. The van der Waals surface area contributed by atoms with Crippen LogP contribution in [0.3, 0.4) is 0 Å². The molecule has 1 aromatic rings. The van der Waals surface area contributed by atoms with Gasteiger partial charge >= 0.3 is 5.97 Å². The molecule has 0 heterocycles. The van der Waals surface area contributed by atoms with Crippen LogP contribution in [0.15, 0.2) is 29.2 Å². The fraction of sp³-hybridized carbons (Fsp3) is 0.417. The Morgan fingerprint density at radius 2 is 1.83 bits per heavy atom. The molecule has 0 aliphatic heterocycles. The summed E-state index contributed by atoms with van der Waals surface area (Å²) in [4.78, 5) is 11.6. The molecule has 0 unspecified atom stereocenters. The number of halogens is 1. The quantitative estimate of drug-likeness (QED) is 0.634. The first-order valence-corrected chi connectivity index (χ1v) is 7.65. The highest BCUT2D eigenvalue weighted by Crippen LogP contribution is 2.21. The van der Waals surface area contributed by atoms with Gasteiger partial charge < -0.3 is 4.74 Å². The van der Waals surface area contributed by atoms with Crippen molar-refractivity contribution in [3.05, 3.63) is 29.8 Å². The molecule has 0 amide bonds. The summed E-state index contributed by atoms with van der Waals surface area (Å²) in [7, 11) is 1.44. The average Bonchev–Trinajstić information content (AvgIpc) is 2.13. The van der Waals surface area contributed by atoms with E-state index in [0.29, 0.717) is 5.56 Å². The van der Waals surface area contributed by atoms with Crippen LogP contribution in [0.5, 0.6) is 0 Å². The van der Waals surface area contributed by atoms with Gasteiger partial charge in [0.1, 0.15) is 5.60 Å². The van der Waals surface area contributed by atoms with Gasteiger partial charge in [0, 0.05) is 10.7 Å². The maximum Gasteiger partial charge on any atom is 0.310 e. The molecule has 0 atom stereocenters. The van der Waals surface area contributed by atoms with Gasteiger partial charge in [-0.15, -0.1) is 0 Å². The smallest absolute Gasteiger partial charge is 0.310 e. The van der Waals surface area contributed by atoms with Gasteiger partial charge in [-0.2, -0.15) is 0 Å². The summed E-state index contributed by atoms with van der Waals surface area (Å²) in [5, 5.41) is 0. The van der Waals surface area contributed by atoms with Crippen molar-refractivity contribution >= 4 is 25.7 Å². The van der Waals surface area contributed by atoms with Gasteiger partial charge in [-0.1, -0.05) is 18.2 Å². The molecule has 1 rings (SSSR count). The molecule has 6 heteroatoms. The van der Waals surface area contributed by atoms with Crippen molar-refractivity contribution in [2.45, 2.75) is 37.7 Å². The molecular formula is C12H15ClO4S. The number of esters is 1. The maximum absolute atomic E-state index is 11.6. The third kappa shape index (κ3) is 4.66. The van der Waals surface area contributed by atoms with Crippen LogP contribution in [-0.4, -0.2) is 20.0 Å². The minimum atomic E-state index is -3.86. The van der Waals surface area contributed by atoms with Crippen LogP contribution in [-0.2, 0) is 25.0 Å². The summed E-state index contributed by atoms with van der Waals surface area (Å²) in [6.45, 7) is 5.24. The summed E-state index contributed by atoms with van der Waals surface area (Å²) in [5.74, 6) is -0.490. The lowest BCUT2D eigenvalue weighted by Gasteiger charge is -2.19. The van der Waals surface area contributed by atoms with E-state index in [1.165, 1.54) is 6.07 Å². The van der Waals surface area contributed by atoms with Crippen LogP contribution >= 0.6 is 10.7 Å². The SMILES string of the molecule is CC(C)(C)OC(=O)Cc1ccccc1S(=O)(=O)Cl. The van der Waals surface area contributed by atoms with Gasteiger partial charge in [0.05, 0.1) is 11.3 Å². The second-order valence-corrected chi connectivity index (χ2v) is 7.34. The molecule has 0 aliphatic carbocycles. The van der Waals surface area contributed by atoms with Crippen LogP contribution in [0.25, 0.3) is 0 Å². The van der Waals surface area contributed by atoms with Crippen LogP contribution in [0.1, 0.15) is 26.3 Å². The van der Waals surface area contributed by atoms with E-state index in [4.69, 9.17) is 15.4 Å². The van der Waals surface area contributed by atoms with Crippen molar-refractivity contribution in [2.24, 2.45) is 0 Å². The number of benzene rings is 1. The summed E-state index contributed by atoms with van der Waals surface area (Å²) < 4.78 is 27.8. The molecule has 0 fully saturated rings. The van der Waals surface area contributed by atoms with E-state index in [0.717, 1.165) is 0 Å². The number of hydrogen-bond donors (Lipinski definition) is 0. The molecule has 0 saturated carbocycles. The maximum atomic E-state index is 11.6. The van der Waals surface area contributed by atoms with Gasteiger partial charge in [0.25, 0.3) is 9.05 Å². The number of hydrogen-bond acceptors (Lipinski definition) is 4. The Balaban J connectivity index is 2.96. The minimum absolute atomic E-state index is 0.0578. The zero-order valence-corrected chi connectivity index (χ0v) is 12.0. The largest absolute Gasteiger partial charge is 0.460 e. The van der Waals surface area contributed by atoms with E-state index in [-0.39, 0.29) is 11.3 Å². The zero-order chi connectivity index (χ0) is 14.0. The Morgan fingerprint density at radius 3 is 2.33 bits per heavy atom. The molecule has 4 nitrogen and oxygen atoms in total. The van der Waals surface area contributed by atoms with E-state index in [2.05, 4.69) is 0 Å². The molecule has 0 spiro atoms. The highest BCUT2D eigenvalue weighted by atomic mass is 35.7. The van der Waals surface area contributed by atoms with Crippen molar-refractivity contribution in [1.82, 2.24) is 0 Å². The van der Waals surface area contributed by atoms with E-state index in [1.54, 1.807) is 39.0 Å². The van der Waals surface area contributed by atoms with Gasteiger partial charge in [-0.25, -0.2) is 8.42 Å². The molecule has 18 heavy (non-hydrogen) atoms. The monoisotopic (exact) mass is 290 g/mol. The Bertz CT molecular complexity index is 543. The van der Waals surface area contributed by atoms with Crippen molar-refractivity contribution in [3.8, 4) is 0 Å². The topological polar surface area (TPSA) is 60.4 Å². The number of carbonyl (C=O) groups is 1. The number of rotatable bonds is 3. The highest BCUT2D eigenvalue weighted by Gasteiger charge is 2.20. The minimum Gasteiger partial charge on any atom is -0.460 e. The Kier molecular flexibility index (Phi) is 4.40. The average molecular weight is 291 g/mol. The number of ether oxygens (including phenoxy) is 1. The Labute approximate surface area is 111 Å². The van der Waals surface area contributed by atoms with E-state index < -0.39 is 20.6 Å². The second kappa shape index (κ2) is 5.28. The Hall–Kier alpha value is -1.07. The summed E-state index contributed by atoms with van der Waals surface area (Å²) >= 11 is 0. The van der Waals surface area contributed by atoms with Crippen molar-refractivity contribution in [1.29, 1.82) is 0 Å². The van der Waals surface area contributed by atoms with E-state index >= 15 is 0 Å². The van der Waals surface area contributed by atoms with Crippen molar-refractivity contribution < 1.29 is 17.9 Å². The van der Waals surface area contributed by atoms with Crippen molar-refractivity contribution in [2.75, 3.05) is 0 Å². The molecule has 0 N–H and O–H groups in total. The van der Waals surface area contributed by atoms with E-state index in [1.807, 2.05) is 0 Å². The molecule has 0 aliphatic rings. The fourth-order valence-corrected chi connectivity index (χ4v) is 2.57. The first-order chi connectivity index (χ1) is 8.09. The number of carbonyl (C=O) groups excluding carboxylic acids is 1. The predicted molar refractivity (Wildman–Crippen MR) is 69.0 cm³/mol. The molecule has 100 valence electrons. The van der Waals surface area contributed by atoms with Crippen LogP contribution < -0.4 is 0 Å². The highest BCUT2D eigenvalue weighted by molar-refractivity contribution is 8.13. The van der Waals surface area contributed by atoms with Gasteiger partial charge in [0.15, 0.2) is 0 Å². The normalized spacial score (nSPS) is 12.2. The summed E-state index contributed by atoms with van der Waals surface area (Å²) in [6, 6.07) is 6.10. The molecule has 0 radical (unpaired) electrons. The first-order valence-electron chi connectivity index (χ1n) is 5.34. The lowest BCUT2D eigenvalue weighted by atomic mass is 10.1. The zero-order valence-electron chi connectivity index (χ0n) is 10.4. The third-order valence-corrected chi connectivity index (χ3v) is 3.41. The molecule has 0 saturated heterocycles. The first kappa shape index (κ1) is 15.0. The lowest BCUT2D eigenvalue weighted by molar-refractivity contribution is -0.153. The predicted octanol–water partition coefficient (Wildman–Crippen LogP) is 2.50. The van der Waals surface area contributed by atoms with E-state index in [9.17, 15) is 13.2 Å². The molecule has 1 aromatic carbocycles. The molecule has 0 aromatic heterocycles. The standard InChI is InChI=1S/C12H15ClO4S/c1-12(2,3)17-11(14)8-9-6-4-5-7-10(9)18(13,15)16/h4-7H,8H2,1-3H3. The molecular weight excluding hydrogens is 276 g/mol. The van der Waals surface area contributed by atoms with Crippen LogP contribution in [0, 0.1) is 0 Å². The summed E-state index contributed by atoms with van der Waals surface area (Å²) in [5.41, 5.74) is -0.270. The van der Waals surface area contributed by atoms with Gasteiger partial charge in [-0.05, 0) is 32.4 Å². The lowest BCUT2D eigenvalue weighted by Crippen LogP contribution is -2.25. The fourth-order valence-electron chi connectivity index (χ4n) is 1.42. The van der Waals surface area contributed by atoms with Crippen LogP contribution in [0.4, 0.5) is 0 Å². The van der Waals surface area contributed by atoms with Crippen molar-refractivity contribution in [3.63, 3.8) is 0 Å². The third-order valence-electron chi connectivity index (χ3n) is 1.99.